The summed E-state index contributed by atoms with van der Waals surface area (Å²) in [6, 6.07) is 17.4. The summed E-state index contributed by atoms with van der Waals surface area (Å²) >= 11 is 2.82. The van der Waals surface area contributed by atoms with Gasteiger partial charge in [-0.25, -0.2) is 0 Å². The molecule has 0 fully saturated rings. The van der Waals surface area contributed by atoms with Crippen molar-refractivity contribution in [3.8, 4) is 5.75 Å². The van der Waals surface area contributed by atoms with Crippen molar-refractivity contribution in [1.82, 2.24) is 10.2 Å². The molecule has 0 radical (unpaired) electrons. The highest BCUT2D eigenvalue weighted by Gasteiger charge is 2.18. The van der Waals surface area contributed by atoms with Gasteiger partial charge in [0.1, 0.15) is 5.75 Å². The summed E-state index contributed by atoms with van der Waals surface area (Å²) in [5, 5.41) is 14.9. The van der Waals surface area contributed by atoms with Gasteiger partial charge in [-0.15, -0.1) is 10.2 Å². The molecular formula is C19H20N4O2S2. The van der Waals surface area contributed by atoms with Crippen LogP contribution in [0.5, 0.6) is 5.75 Å². The van der Waals surface area contributed by atoms with Gasteiger partial charge < -0.3 is 15.4 Å². The molecule has 3 rings (SSSR count). The lowest BCUT2D eigenvalue weighted by Gasteiger charge is -2.12. The molecule has 8 heteroatoms. The van der Waals surface area contributed by atoms with Crippen LogP contribution in [0.3, 0.4) is 0 Å². The first-order valence-electron chi connectivity index (χ1n) is 8.37. The van der Waals surface area contributed by atoms with Crippen LogP contribution >= 0.6 is 23.1 Å². The fourth-order valence-electron chi connectivity index (χ4n) is 2.29. The van der Waals surface area contributed by atoms with Gasteiger partial charge in [0.25, 0.3) is 0 Å². The lowest BCUT2D eigenvalue weighted by molar-refractivity contribution is -0.115. The highest BCUT2D eigenvalue weighted by Crippen LogP contribution is 2.30. The van der Waals surface area contributed by atoms with Crippen LogP contribution in [0.2, 0.25) is 0 Å². The van der Waals surface area contributed by atoms with E-state index in [0.717, 1.165) is 9.47 Å². The number of carbonyl (C=O) groups is 1. The van der Waals surface area contributed by atoms with E-state index in [9.17, 15) is 4.79 Å². The lowest BCUT2D eigenvalue weighted by atomic mass is 10.2. The molecule has 1 atom stereocenters. The number of rotatable bonds is 8. The number of hydrogen-bond acceptors (Lipinski definition) is 7. The lowest BCUT2D eigenvalue weighted by Crippen LogP contribution is -2.22. The fourth-order valence-corrected chi connectivity index (χ4v) is 4.18. The number of benzene rings is 2. The minimum Gasteiger partial charge on any atom is -0.495 e. The highest BCUT2D eigenvalue weighted by molar-refractivity contribution is 8.02. The number of para-hydroxylation sites is 2. The predicted octanol–water partition coefficient (Wildman–Crippen LogP) is 4.28. The van der Waals surface area contributed by atoms with Crippen molar-refractivity contribution in [3.05, 3.63) is 60.2 Å². The summed E-state index contributed by atoms with van der Waals surface area (Å²) in [5.41, 5.74) is 1.83. The van der Waals surface area contributed by atoms with E-state index in [2.05, 4.69) is 20.8 Å². The second kappa shape index (κ2) is 9.38. The van der Waals surface area contributed by atoms with Crippen molar-refractivity contribution in [2.75, 3.05) is 17.7 Å². The molecular weight excluding hydrogens is 380 g/mol. The van der Waals surface area contributed by atoms with Crippen molar-refractivity contribution in [3.63, 3.8) is 0 Å². The summed E-state index contributed by atoms with van der Waals surface area (Å²) in [5.74, 6) is 0.518. The van der Waals surface area contributed by atoms with Crippen LogP contribution in [-0.4, -0.2) is 28.5 Å². The first-order chi connectivity index (χ1) is 13.2. The first-order valence-corrected chi connectivity index (χ1v) is 10.1. The smallest absolute Gasteiger partial charge is 0.237 e. The Morgan fingerprint density at radius 2 is 1.89 bits per heavy atom. The molecule has 0 saturated carbocycles. The Kier molecular flexibility index (Phi) is 6.67. The molecule has 0 aliphatic rings. The number of ether oxygens (including phenoxy) is 1. The van der Waals surface area contributed by atoms with E-state index in [0.29, 0.717) is 18.0 Å². The third-order valence-electron chi connectivity index (χ3n) is 3.70. The van der Waals surface area contributed by atoms with Crippen molar-refractivity contribution < 1.29 is 9.53 Å². The minimum atomic E-state index is -0.315. The quantitative estimate of drug-likeness (QED) is 0.550. The van der Waals surface area contributed by atoms with Crippen LogP contribution in [-0.2, 0) is 11.3 Å². The molecule has 0 unspecified atom stereocenters. The Balaban J connectivity index is 1.54. The zero-order valence-corrected chi connectivity index (χ0v) is 16.6. The van der Waals surface area contributed by atoms with Crippen LogP contribution in [0, 0.1) is 0 Å². The zero-order chi connectivity index (χ0) is 19.1. The average molecular weight is 401 g/mol. The summed E-state index contributed by atoms with van der Waals surface area (Å²) in [7, 11) is 1.58. The number of amides is 1. The summed E-state index contributed by atoms with van der Waals surface area (Å²) in [6.07, 6.45) is 0. The van der Waals surface area contributed by atoms with Gasteiger partial charge in [0, 0.05) is 6.54 Å². The zero-order valence-electron chi connectivity index (χ0n) is 15.0. The topological polar surface area (TPSA) is 76.1 Å². The number of hydrogen-bond donors (Lipinski definition) is 2. The maximum atomic E-state index is 12.5. The molecule has 140 valence electrons. The molecule has 0 aliphatic carbocycles. The standard InChI is InChI=1S/C19H20N4O2S2/c1-13(17(24)21-15-10-6-7-11-16(15)25-2)26-19-23-22-18(27-19)20-12-14-8-4-3-5-9-14/h3-11,13H,12H2,1-2H3,(H,20,22)(H,21,24)/t13-/m0/s1. The maximum Gasteiger partial charge on any atom is 0.237 e. The van der Waals surface area contributed by atoms with E-state index in [-0.39, 0.29) is 11.2 Å². The maximum absolute atomic E-state index is 12.5. The molecule has 6 nitrogen and oxygen atoms in total. The van der Waals surface area contributed by atoms with Crippen LogP contribution in [0.1, 0.15) is 12.5 Å². The van der Waals surface area contributed by atoms with Gasteiger partial charge in [-0.05, 0) is 24.6 Å². The van der Waals surface area contributed by atoms with E-state index >= 15 is 0 Å². The van der Waals surface area contributed by atoms with Crippen molar-refractivity contribution >= 4 is 39.8 Å². The minimum absolute atomic E-state index is 0.113. The SMILES string of the molecule is COc1ccccc1NC(=O)[C@H](C)Sc1nnc(NCc2ccccc2)s1. The van der Waals surface area contributed by atoms with Crippen LogP contribution in [0.4, 0.5) is 10.8 Å². The van der Waals surface area contributed by atoms with Crippen LogP contribution < -0.4 is 15.4 Å². The Hall–Kier alpha value is -2.58. The third kappa shape index (κ3) is 5.45. The molecule has 0 bridgehead atoms. The molecule has 0 spiro atoms. The summed E-state index contributed by atoms with van der Waals surface area (Å²) < 4.78 is 6.00. The molecule has 1 aromatic heterocycles. The van der Waals surface area contributed by atoms with E-state index in [4.69, 9.17) is 4.74 Å². The molecule has 1 heterocycles. The predicted molar refractivity (Wildman–Crippen MR) is 111 cm³/mol. The van der Waals surface area contributed by atoms with Gasteiger partial charge in [0.05, 0.1) is 18.0 Å². The van der Waals surface area contributed by atoms with Crippen molar-refractivity contribution in [2.24, 2.45) is 0 Å². The highest BCUT2D eigenvalue weighted by atomic mass is 32.2. The van der Waals surface area contributed by atoms with Gasteiger partial charge in [0.15, 0.2) is 4.34 Å². The molecule has 0 aliphatic heterocycles. The fraction of sp³-hybridized carbons (Fsp3) is 0.211. The van der Waals surface area contributed by atoms with Gasteiger partial charge >= 0.3 is 0 Å². The Morgan fingerprint density at radius 3 is 2.67 bits per heavy atom. The van der Waals surface area contributed by atoms with Gasteiger partial charge in [-0.2, -0.15) is 0 Å². The normalized spacial score (nSPS) is 11.6. The Bertz CT molecular complexity index is 886. The van der Waals surface area contributed by atoms with E-state index in [1.165, 1.54) is 28.7 Å². The molecule has 3 aromatic rings. The van der Waals surface area contributed by atoms with Crippen molar-refractivity contribution in [1.29, 1.82) is 0 Å². The number of aromatic nitrogens is 2. The van der Waals surface area contributed by atoms with Crippen LogP contribution in [0.15, 0.2) is 58.9 Å². The van der Waals surface area contributed by atoms with E-state index in [1.54, 1.807) is 7.11 Å². The second-order valence-electron chi connectivity index (χ2n) is 5.66. The number of carbonyl (C=O) groups excluding carboxylic acids is 1. The van der Waals surface area contributed by atoms with E-state index in [1.807, 2.05) is 61.5 Å². The van der Waals surface area contributed by atoms with Crippen LogP contribution in [0.25, 0.3) is 0 Å². The molecule has 2 aromatic carbocycles. The number of nitrogens with one attached hydrogen (secondary N) is 2. The first kappa shape index (κ1) is 19.2. The number of anilines is 2. The monoisotopic (exact) mass is 400 g/mol. The second-order valence-corrected chi connectivity index (χ2v) is 8.23. The molecule has 27 heavy (non-hydrogen) atoms. The van der Waals surface area contributed by atoms with Gasteiger partial charge in [-0.1, -0.05) is 65.6 Å². The van der Waals surface area contributed by atoms with Crippen molar-refractivity contribution in [2.45, 2.75) is 23.1 Å². The van der Waals surface area contributed by atoms with Gasteiger partial charge in [-0.3, -0.25) is 4.79 Å². The summed E-state index contributed by atoms with van der Waals surface area (Å²) in [4.78, 5) is 12.5. The average Bonchev–Trinajstić information content (AvgIpc) is 3.15. The number of methoxy groups -OCH3 is 1. The third-order valence-corrected chi connectivity index (χ3v) is 5.77. The van der Waals surface area contributed by atoms with E-state index < -0.39 is 0 Å². The number of nitrogens with zero attached hydrogens (tertiary/aromatic N) is 2. The number of thioether (sulfide) groups is 1. The molecule has 2 N–H and O–H groups in total. The Morgan fingerprint density at radius 1 is 1.15 bits per heavy atom. The van der Waals surface area contributed by atoms with Gasteiger partial charge in [0.2, 0.25) is 11.0 Å². The Labute approximate surface area is 166 Å². The molecule has 1 amide bonds. The summed E-state index contributed by atoms with van der Waals surface area (Å²) in [6.45, 7) is 2.53. The molecule has 0 saturated heterocycles. The largest absolute Gasteiger partial charge is 0.495 e.